The standard InChI is InChI=1S/C13H19NO3S/c1-13(2,3)9-10-5-7-11(8-6-10)12(15)14-18(4,16)17/h5-8H,9H2,1-4H3,(H,14,15). The van der Waals surface area contributed by atoms with E-state index < -0.39 is 15.9 Å². The molecule has 0 aliphatic rings. The van der Waals surface area contributed by atoms with E-state index in [-0.39, 0.29) is 5.41 Å². The Labute approximate surface area is 108 Å². The van der Waals surface area contributed by atoms with Gasteiger partial charge in [0.25, 0.3) is 5.91 Å². The summed E-state index contributed by atoms with van der Waals surface area (Å²) in [7, 11) is -3.51. The second-order valence-corrected chi connectivity index (χ2v) is 7.39. The van der Waals surface area contributed by atoms with Gasteiger partial charge in [0.05, 0.1) is 6.26 Å². The summed E-state index contributed by atoms with van der Waals surface area (Å²) in [5, 5.41) is 0. The van der Waals surface area contributed by atoms with Crippen LogP contribution in [-0.4, -0.2) is 20.6 Å². The Morgan fingerprint density at radius 1 is 1.17 bits per heavy atom. The molecule has 4 nitrogen and oxygen atoms in total. The fraction of sp³-hybridized carbons (Fsp3) is 0.462. The van der Waals surface area contributed by atoms with Gasteiger partial charge < -0.3 is 0 Å². The summed E-state index contributed by atoms with van der Waals surface area (Å²) >= 11 is 0. The molecule has 1 amide bonds. The van der Waals surface area contributed by atoms with Crippen LogP contribution in [0.5, 0.6) is 0 Å². The minimum Gasteiger partial charge on any atom is -0.268 e. The van der Waals surface area contributed by atoms with Gasteiger partial charge >= 0.3 is 0 Å². The molecule has 0 aliphatic carbocycles. The van der Waals surface area contributed by atoms with Crippen LogP contribution in [0.1, 0.15) is 36.7 Å². The molecule has 0 atom stereocenters. The average Bonchev–Trinajstić information content (AvgIpc) is 2.13. The summed E-state index contributed by atoms with van der Waals surface area (Å²) in [6, 6.07) is 6.98. The molecule has 18 heavy (non-hydrogen) atoms. The Morgan fingerprint density at radius 2 is 1.67 bits per heavy atom. The molecule has 0 aromatic heterocycles. The van der Waals surface area contributed by atoms with Gasteiger partial charge in [-0.05, 0) is 29.5 Å². The van der Waals surface area contributed by atoms with E-state index in [9.17, 15) is 13.2 Å². The van der Waals surface area contributed by atoms with Crippen LogP contribution in [0.25, 0.3) is 0 Å². The second kappa shape index (κ2) is 5.10. The number of hydrogen-bond acceptors (Lipinski definition) is 3. The number of rotatable bonds is 3. The van der Waals surface area contributed by atoms with Crippen LogP contribution in [0.15, 0.2) is 24.3 Å². The van der Waals surface area contributed by atoms with E-state index in [1.807, 2.05) is 16.9 Å². The van der Waals surface area contributed by atoms with Gasteiger partial charge in [-0.15, -0.1) is 0 Å². The Hall–Kier alpha value is -1.36. The van der Waals surface area contributed by atoms with Crippen LogP contribution < -0.4 is 4.72 Å². The van der Waals surface area contributed by atoms with Crippen LogP contribution in [0, 0.1) is 5.41 Å². The smallest absolute Gasteiger partial charge is 0.264 e. The van der Waals surface area contributed by atoms with Gasteiger partial charge in [0.15, 0.2) is 0 Å². The van der Waals surface area contributed by atoms with Crippen molar-refractivity contribution in [3.8, 4) is 0 Å². The quantitative estimate of drug-likeness (QED) is 0.912. The Balaban J connectivity index is 2.80. The minimum atomic E-state index is -3.51. The van der Waals surface area contributed by atoms with E-state index in [0.29, 0.717) is 5.56 Å². The molecular formula is C13H19NO3S. The normalized spacial score (nSPS) is 12.2. The van der Waals surface area contributed by atoms with Crippen LogP contribution >= 0.6 is 0 Å². The molecule has 0 saturated carbocycles. The molecule has 0 spiro atoms. The van der Waals surface area contributed by atoms with E-state index >= 15 is 0 Å². The molecule has 0 radical (unpaired) electrons. The first kappa shape index (κ1) is 14.7. The summed E-state index contributed by atoms with van der Waals surface area (Å²) in [6.07, 6.45) is 1.86. The molecule has 0 heterocycles. The lowest BCUT2D eigenvalue weighted by molar-refractivity contribution is 0.0981. The van der Waals surface area contributed by atoms with Crippen molar-refractivity contribution in [2.45, 2.75) is 27.2 Å². The first-order chi connectivity index (χ1) is 8.07. The van der Waals surface area contributed by atoms with Crippen molar-refractivity contribution in [1.82, 2.24) is 4.72 Å². The van der Waals surface area contributed by atoms with E-state index in [1.54, 1.807) is 12.1 Å². The lowest BCUT2D eigenvalue weighted by Crippen LogP contribution is -2.29. The average molecular weight is 269 g/mol. The molecular weight excluding hydrogens is 250 g/mol. The molecule has 0 fully saturated rings. The van der Waals surface area contributed by atoms with Gasteiger partial charge in [0, 0.05) is 5.56 Å². The van der Waals surface area contributed by atoms with Crippen molar-refractivity contribution in [3.05, 3.63) is 35.4 Å². The zero-order valence-electron chi connectivity index (χ0n) is 11.1. The maximum absolute atomic E-state index is 11.6. The Kier molecular flexibility index (Phi) is 4.16. The van der Waals surface area contributed by atoms with Crippen molar-refractivity contribution in [2.24, 2.45) is 5.41 Å². The van der Waals surface area contributed by atoms with Gasteiger partial charge in [0.1, 0.15) is 0 Å². The summed E-state index contributed by atoms with van der Waals surface area (Å²) in [5.41, 5.74) is 1.65. The highest BCUT2D eigenvalue weighted by atomic mass is 32.2. The fourth-order valence-corrected chi connectivity index (χ4v) is 2.07. The molecule has 0 saturated heterocycles. The number of amides is 1. The fourth-order valence-electron chi connectivity index (χ4n) is 1.61. The second-order valence-electron chi connectivity index (χ2n) is 5.64. The molecule has 1 rings (SSSR count). The predicted molar refractivity (Wildman–Crippen MR) is 71.9 cm³/mol. The number of sulfonamides is 1. The summed E-state index contributed by atoms with van der Waals surface area (Å²) in [4.78, 5) is 11.6. The van der Waals surface area contributed by atoms with E-state index in [2.05, 4.69) is 20.8 Å². The number of benzene rings is 1. The van der Waals surface area contributed by atoms with Crippen molar-refractivity contribution >= 4 is 15.9 Å². The molecule has 1 aromatic carbocycles. The van der Waals surface area contributed by atoms with Gasteiger partial charge in [-0.1, -0.05) is 32.9 Å². The SMILES string of the molecule is CC(C)(C)Cc1ccc(C(=O)NS(C)(=O)=O)cc1. The van der Waals surface area contributed by atoms with Gasteiger partial charge in [-0.25, -0.2) is 13.1 Å². The summed E-state index contributed by atoms with van der Waals surface area (Å²) in [6.45, 7) is 6.41. The van der Waals surface area contributed by atoms with Crippen molar-refractivity contribution in [1.29, 1.82) is 0 Å². The number of carbonyl (C=O) groups is 1. The molecule has 1 aromatic rings. The lowest BCUT2D eigenvalue weighted by atomic mass is 9.88. The monoisotopic (exact) mass is 269 g/mol. The van der Waals surface area contributed by atoms with Gasteiger partial charge in [0.2, 0.25) is 10.0 Å². The highest BCUT2D eigenvalue weighted by Crippen LogP contribution is 2.20. The predicted octanol–water partition coefficient (Wildman–Crippen LogP) is 1.96. The molecule has 1 N–H and O–H groups in total. The lowest BCUT2D eigenvalue weighted by Gasteiger charge is -2.18. The van der Waals surface area contributed by atoms with Crippen molar-refractivity contribution in [2.75, 3.05) is 6.26 Å². The van der Waals surface area contributed by atoms with Crippen molar-refractivity contribution in [3.63, 3.8) is 0 Å². The van der Waals surface area contributed by atoms with Crippen LogP contribution in [0.3, 0.4) is 0 Å². The molecule has 5 heteroatoms. The van der Waals surface area contributed by atoms with Crippen LogP contribution in [0.4, 0.5) is 0 Å². The summed E-state index contributed by atoms with van der Waals surface area (Å²) in [5.74, 6) is -0.597. The zero-order chi connectivity index (χ0) is 14.0. The zero-order valence-corrected chi connectivity index (χ0v) is 12.0. The topological polar surface area (TPSA) is 63.2 Å². The summed E-state index contributed by atoms with van der Waals surface area (Å²) < 4.78 is 23.8. The molecule has 100 valence electrons. The first-order valence-corrected chi connectivity index (χ1v) is 7.57. The van der Waals surface area contributed by atoms with Gasteiger partial charge in [-0.2, -0.15) is 0 Å². The maximum Gasteiger partial charge on any atom is 0.264 e. The third kappa shape index (κ3) is 5.31. The van der Waals surface area contributed by atoms with E-state index in [4.69, 9.17) is 0 Å². The first-order valence-electron chi connectivity index (χ1n) is 5.68. The number of hydrogen-bond donors (Lipinski definition) is 1. The highest BCUT2D eigenvalue weighted by molar-refractivity contribution is 7.89. The van der Waals surface area contributed by atoms with Gasteiger partial charge in [-0.3, -0.25) is 4.79 Å². The largest absolute Gasteiger partial charge is 0.268 e. The van der Waals surface area contributed by atoms with E-state index in [0.717, 1.165) is 18.2 Å². The number of carbonyl (C=O) groups excluding carboxylic acids is 1. The van der Waals surface area contributed by atoms with Crippen molar-refractivity contribution < 1.29 is 13.2 Å². The van der Waals surface area contributed by atoms with Crippen LogP contribution in [0.2, 0.25) is 0 Å². The minimum absolute atomic E-state index is 0.177. The molecule has 0 unspecified atom stereocenters. The third-order valence-electron chi connectivity index (χ3n) is 2.23. The maximum atomic E-state index is 11.6. The Bertz CT molecular complexity index is 524. The molecule has 0 aliphatic heterocycles. The van der Waals surface area contributed by atoms with Crippen LogP contribution in [-0.2, 0) is 16.4 Å². The Morgan fingerprint density at radius 3 is 2.06 bits per heavy atom. The highest BCUT2D eigenvalue weighted by Gasteiger charge is 2.13. The molecule has 0 bridgehead atoms. The van der Waals surface area contributed by atoms with E-state index in [1.165, 1.54) is 0 Å². The number of nitrogens with one attached hydrogen (secondary N) is 1. The third-order valence-corrected chi connectivity index (χ3v) is 2.78.